The topological polar surface area (TPSA) is 80.0 Å². The minimum absolute atomic E-state index is 0.0113. The van der Waals surface area contributed by atoms with Gasteiger partial charge in [0, 0.05) is 5.02 Å². The largest absolute Gasteiger partial charge is 0.507 e. The lowest BCUT2D eigenvalue weighted by Gasteiger charge is -2.24. The SMILES string of the molecule is COc1ccc(C)cc1/C(O)=C1\C(=O)C(=O)N(Cc2ccco2)C1c1ccc(Cl)cc1. The summed E-state index contributed by atoms with van der Waals surface area (Å²) < 4.78 is 10.8. The van der Waals surface area contributed by atoms with Crippen molar-refractivity contribution in [2.45, 2.75) is 19.5 Å². The highest BCUT2D eigenvalue weighted by atomic mass is 35.5. The van der Waals surface area contributed by atoms with E-state index >= 15 is 0 Å². The van der Waals surface area contributed by atoms with Gasteiger partial charge in [0.05, 0.1) is 37.1 Å². The third-order valence-electron chi connectivity index (χ3n) is 5.24. The molecular weight excluding hydrogens is 418 g/mol. The van der Waals surface area contributed by atoms with Gasteiger partial charge in [0.2, 0.25) is 0 Å². The number of aryl methyl sites for hydroxylation is 1. The van der Waals surface area contributed by atoms with E-state index in [1.54, 1.807) is 48.5 Å². The number of carbonyl (C=O) groups is 2. The average Bonchev–Trinajstić information content (AvgIpc) is 3.36. The minimum Gasteiger partial charge on any atom is -0.507 e. The van der Waals surface area contributed by atoms with Crippen LogP contribution < -0.4 is 4.74 Å². The lowest BCUT2D eigenvalue weighted by Crippen LogP contribution is -2.29. The zero-order valence-corrected chi connectivity index (χ0v) is 17.7. The molecule has 1 N–H and O–H groups in total. The number of hydrogen-bond acceptors (Lipinski definition) is 5. The van der Waals surface area contributed by atoms with Crippen LogP contribution in [-0.2, 0) is 16.1 Å². The van der Waals surface area contributed by atoms with Crippen LogP contribution in [0.3, 0.4) is 0 Å². The molecule has 2 heterocycles. The van der Waals surface area contributed by atoms with Gasteiger partial charge in [-0.1, -0.05) is 35.4 Å². The van der Waals surface area contributed by atoms with Gasteiger partial charge in [-0.05, 0) is 48.9 Å². The maximum atomic E-state index is 13.1. The van der Waals surface area contributed by atoms with Crippen LogP contribution in [-0.4, -0.2) is 28.8 Å². The summed E-state index contributed by atoms with van der Waals surface area (Å²) in [7, 11) is 1.48. The number of halogens is 1. The first-order chi connectivity index (χ1) is 14.9. The maximum Gasteiger partial charge on any atom is 0.296 e. The van der Waals surface area contributed by atoms with Gasteiger partial charge in [-0.3, -0.25) is 9.59 Å². The van der Waals surface area contributed by atoms with Crippen molar-refractivity contribution in [1.29, 1.82) is 0 Å². The van der Waals surface area contributed by atoms with Gasteiger partial charge in [-0.15, -0.1) is 0 Å². The number of rotatable bonds is 5. The summed E-state index contributed by atoms with van der Waals surface area (Å²) in [6, 6.07) is 14.7. The van der Waals surface area contributed by atoms with Crippen molar-refractivity contribution in [2.75, 3.05) is 7.11 Å². The number of likely N-dealkylation sites (tertiary alicyclic amines) is 1. The molecule has 2 aromatic carbocycles. The van der Waals surface area contributed by atoms with Crippen LogP contribution in [0.25, 0.3) is 5.76 Å². The molecule has 0 radical (unpaired) electrons. The van der Waals surface area contributed by atoms with Gasteiger partial charge >= 0.3 is 0 Å². The summed E-state index contributed by atoms with van der Waals surface area (Å²) in [6.45, 7) is 1.94. The fourth-order valence-corrected chi connectivity index (χ4v) is 3.88. The number of carbonyl (C=O) groups excluding carboxylic acids is 2. The highest BCUT2D eigenvalue weighted by molar-refractivity contribution is 6.46. The summed E-state index contributed by atoms with van der Waals surface area (Å²) in [6.07, 6.45) is 1.50. The van der Waals surface area contributed by atoms with Gasteiger partial charge in [0.25, 0.3) is 11.7 Å². The van der Waals surface area contributed by atoms with Gasteiger partial charge in [-0.2, -0.15) is 0 Å². The summed E-state index contributed by atoms with van der Waals surface area (Å²) in [5.41, 5.74) is 1.85. The fourth-order valence-electron chi connectivity index (χ4n) is 3.76. The van der Waals surface area contributed by atoms with Crippen molar-refractivity contribution in [3.8, 4) is 5.75 Å². The van der Waals surface area contributed by atoms with E-state index in [4.69, 9.17) is 20.8 Å². The van der Waals surface area contributed by atoms with Gasteiger partial charge in [0.1, 0.15) is 17.3 Å². The molecule has 1 aliphatic rings. The van der Waals surface area contributed by atoms with E-state index in [0.717, 1.165) is 5.56 Å². The smallest absolute Gasteiger partial charge is 0.296 e. The molecule has 1 saturated heterocycles. The number of methoxy groups -OCH3 is 1. The van der Waals surface area contributed by atoms with Crippen LogP contribution >= 0.6 is 11.6 Å². The molecule has 0 bridgehead atoms. The van der Waals surface area contributed by atoms with E-state index < -0.39 is 17.7 Å². The van der Waals surface area contributed by atoms with Crippen molar-refractivity contribution in [1.82, 2.24) is 4.90 Å². The van der Waals surface area contributed by atoms with Crippen molar-refractivity contribution in [3.05, 3.63) is 93.9 Å². The molecule has 7 heteroatoms. The molecule has 1 aromatic heterocycles. The monoisotopic (exact) mass is 437 g/mol. The predicted molar refractivity (Wildman–Crippen MR) is 116 cm³/mol. The Bertz CT molecular complexity index is 1170. The Kier molecular flexibility index (Phi) is 5.57. The molecular formula is C24H20ClNO5. The Balaban J connectivity index is 1.91. The van der Waals surface area contributed by atoms with E-state index in [-0.39, 0.29) is 17.9 Å². The van der Waals surface area contributed by atoms with Crippen LogP contribution in [0.2, 0.25) is 5.02 Å². The van der Waals surface area contributed by atoms with E-state index in [0.29, 0.717) is 27.7 Å². The third kappa shape index (κ3) is 3.82. The Morgan fingerprint density at radius 2 is 1.90 bits per heavy atom. The van der Waals surface area contributed by atoms with Crippen molar-refractivity contribution < 1.29 is 23.8 Å². The van der Waals surface area contributed by atoms with Crippen LogP contribution in [0.4, 0.5) is 0 Å². The maximum absolute atomic E-state index is 13.1. The Morgan fingerprint density at radius 1 is 1.16 bits per heavy atom. The number of ether oxygens (including phenoxy) is 1. The van der Waals surface area contributed by atoms with Crippen LogP contribution in [0.15, 0.2) is 70.9 Å². The first-order valence-electron chi connectivity index (χ1n) is 9.62. The Morgan fingerprint density at radius 3 is 2.55 bits per heavy atom. The lowest BCUT2D eigenvalue weighted by molar-refractivity contribution is -0.140. The zero-order chi connectivity index (χ0) is 22.1. The molecule has 6 nitrogen and oxygen atoms in total. The lowest BCUT2D eigenvalue weighted by atomic mass is 9.94. The molecule has 31 heavy (non-hydrogen) atoms. The van der Waals surface area contributed by atoms with Gasteiger partial charge < -0.3 is 19.2 Å². The Labute approximate surface area is 184 Å². The van der Waals surface area contributed by atoms with E-state index in [1.165, 1.54) is 18.3 Å². The predicted octanol–water partition coefficient (Wildman–Crippen LogP) is 4.87. The number of amides is 1. The first-order valence-corrected chi connectivity index (χ1v) is 9.99. The molecule has 0 saturated carbocycles. The molecule has 1 amide bonds. The fraction of sp³-hybridized carbons (Fsp3) is 0.167. The van der Waals surface area contributed by atoms with Crippen LogP contribution in [0.5, 0.6) is 5.75 Å². The summed E-state index contributed by atoms with van der Waals surface area (Å²) in [5, 5.41) is 11.7. The molecule has 1 unspecified atom stereocenters. The molecule has 0 spiro atoms. The number of hydrogen-bond donors (Lipinski definition) is 1. The standard InChI is InChI=1S/C24H20ClNO5/c1-14-5-10-19(30-2)18(12-14)22(27)20-21(15-6-8-16(25)9-7-15)26(24(29)23(20)28)13-17-4-3-11-31-17/h3-12,21,27H,13H2,1-2H3/b22-20+. The summed E-state index contributed by atoms with van der Waals surface area (Å²) in [5.74, 6) is -0.859. The van der Waals surface area contributed by atoms with Gasteiger partial charge in [0.15, 0.2) is 0 Å². The molecule has 1 aliphatic heterocycles. The van der Waals surface area contributed by atoms with Crippen LogP contribution in [0, 0.1) is 6.92 Å². The first kappa shape index (κ1) is 20.8. The number of nitrogens with zero attached hydrogens (tertiary/aromatic N) is 1. The van der Waals surface area contributed by atoms with Crippen molar-refractivity contribution >= 4 is 29.1 Å². The molecule has 4 rings (SSSR count). The highest BCUT2D eigenvalue weighted by Gasteiger charge is 2.46. The number of ketones is 1. The van der Waals surface area contributed by atoms with E-state index in [1.807, 2.05) is 13.0 Å². The van der Waals surface area contributed by atoms with E-state index in [9.17, 15) is 14.7 Å². The van der Waals surface area contributed by atoms with E-state index in [2.05, 4.69) is 0 Å². The summed E-state index contributed by atoms with van der Waals surface area (Å²) >= 11 is 6.04. The second kappa shape index (κ2) is 8.32. The van der Waals surface area contributed by atoms with Crippen molar-refractivity contribution in [2.24, 2.45) is 0 Å². The number of aliphatic hydroxyl groups is 1. The minimum atomic E-state index is -0.812. The van der Waals surface area contributed by atoms with Gasteiger partial charge in [-0.25, -0.2) is 0 Å². The van der Waals surface area contributed by atoms with Crippen molar-refractivity contribution in [3.63, 3.8) is 0 Å². The Hall–Kier alpha value is -3.51. The molecule has 158 valence electrons. The number of aliphatic hydroxyl groups excluding tert-OH is 1. The second-order valence-corrected chi connectivity index (χ2v) is 7.70. The third-order valence-corrected chi connectivity index (χ3v) is 5.49. The summed E-state index contributed by atoms with van der Waals surface area (Å²) in [4.78, 5) is 27.5. The number of Topliss-reactive ketones (excluding diaryl/α,β-unsaturated/α-hetero) is 1. The number of furan rings is 1. The number of benzene rings is 2. The highest BCUT2D eigenvalue weighted by Crippen LogP contribution is 2.42. The normalized spacial score (nSPS) is 17.9. The quantitative estimate of drug-likeness (QED) is 0.350. The molecule has 1 fully saturated rings. The zero-order valence-electron chi connectivity index (χ0n) is 17.0. The second-order valence-electron chi connectivity index (χ2n) is 7.26. The molecule has 1 atom stereocenters. The van der Waals surface area contributed by atoms with Crippen LogP contribution in [0.1, 0.15) is 28.5 Å². The molecule has 0 aliphatic carbocycles. The average molecular weight is 438 g/mol. The molecule has 3 aromatic rings.